The summed E-state index contributed by atoms with van der Waals surface area (Å²) in [5.41, 5.74) is 2.30. The van der Waals surface area contributed by atoms with Crippen LogP contribution in [-0.4, -0.2) is 22.8 Å². The topological polar surface area (TPSA) is 73.2 Å². The van der Waals surface area contributed by atoms with Gasteiger partial charge in [0.15, 0.2) is 0 Å². The maximum Gasteiger partial charge on any atom is 0.267 e. The van der Waals surface area contributed by atoms with Gasteiger partial charge in [-0.1, -0.05) is 32.9 Å². The number of hydrogen-bond acceptors (Lipinski definition) is 4. The molecule has 0 aliphatic heterocycles. The molecular formula is C23H24FN3O3. The van der Waals surface area contributed by atoms with Gasteiger partial charge in [-0.2, -0.15) is 5.10 Å². The van der Waals surface area contributed by atoms with Gasteiger partial charge in [-0.05, 0) is 41.3 Å². The molecule has 0 saturated heterocycles. The van der Waals surface area contributed by atoms with Crippen LogP contribution in [0.15, 0.2) is 59.4 Å². The van der Waals surface area contributed by atoms with Gasteiger partial charge in [-0.25, -0.2) is 9.07 Å². The van der Waals surface area contributed by atoms with Gasteiger partial charge in [-0.3, -0.25) is 9.59 Å². The Morgan fingerprint density at radius 2 is 1.80 bits per heavy atom. The summed E-state index contributed by atoms with van der Waals surface area (Å²) in [6, 6.07) is 14.4. The van der Waals surface area contributed by atoms with E-state index in [1.165, 1.54) is 37.4 Å². The Kier molecular flexibility index (Phi) is 6.01. The van der Waals surface area contributed by atoms with Crippen molar-refractivity contribution in [1.82, 2.24) is 9.78 Å². The highest BCUT2D eigenvalue weighted by Crippen LogP contribution is 2.28. The lowest BCUT2D eigenvalue weighted by molar-refractivity contribution is -0.117. The summed E-state index contributed by atoms with van der Waals surface area (Å²) in [7, 11) is 1.42. The Morgan fingerprint density at radius 1 is 1.10 bits per heavy atom. The van der Waals surface area contributed by atoms with E-state index in [1.807, 2.05) is 24.3 Å². The number of benzene rings is 2. The molecule has 1 N–H and O–H groups in total. The number of hydrogen-bond donors (Lipinski definition) is 1. The first kappa shape index (κ1) is 21.2. The number of nitrogens with zero attached hydrogens (tertiary/aromatic N) is 2. The minimum Gasteiger partial charge on any atom is -0.496 e. The van der Waals surface area contributed by atoms with Crippen LogP contribution >= 0.6 is 0 Å². The van der Waals surface area contributed by atoms with Crippen LogP contribution in [0.4, 0.5) is 10.1 Å². The van der Waals surface area contributed by atoms with Crippen molar-refractivity contribution in [3.05, 3.63) is 76.3 Å². The van der Waals surface area contributed by atoms with E-state index < -0.39 is 11.4 Å². The minimum atomic E-state index is -0.444. The number of carbonyl (C=O) groups excluding carboxylic acids is 1. The van der Waals surface area contributed by atoms with Gasteiger partial charge in [-0.15, -0.1) is 0 Å². The molecule has 2 aromatic carbocycles. The lowest BCUT2D eigenvalue weighted by Gasteiger charge is -2.19. The van der Waals surface area contributed by atoms with Crippen molar-refractivity contribution >= 4 is 11.6 Å². The van der Waals surface area contributed by atoms with Crippen molar-refractivity contribution in [3.63, 3.8) is 0 Å². The summed E-state index contributed by atoms with van der Waals surface area (Å²) >= 11 is 0. The number of rotatable bonds is 5. The second-order valence-corrected chi connectivity index (χ2v) is 7.93. The summed E-state index contributed by atoms with van der Waals surface area (Å²) < 4.78 is 19.7. The second-order valence-electron chi connectivity index (χ2n) is 7.93. The number of carbonyl (C=O) groups is 1. The number of halogens is 1. The molecule has 1 heterocycles. The first-order valence-electron chi connectivity index (χ1n) is 9.50. The van der Waals surface area contributed by atoms with E-state index >= 15 is 0 Å². The molecule has 6 nitrogen and oxygen atoms in total. The predicted octanol–water partition coefficient (Wildman–Crippen LogP) is 3.99. The van der Waals surface area contributed by atoms with E-state index in [2.05, 4.69) is 31.2 Å². The Bertz CT molecular complexity index is 1120. The van der Waals surface area contributed by atoms with Gasteiger partial charge < -0.3 is 10.1 Å². The van der Waals surface area contributed by atoms with E-state index in [9.17, 15) is 14.0 Å². The molecule has 7 heteroatoms. The van der Waals surface area contributed by atoms with Crippen molar-refractivity contribution in [1.29, 1.82) is 0 Å². The number of anilines is 1. The zero-order chi connectivity index (χ0) is 21.9. The van der Waals surface area contributed by atoms with Gasteiger partial charge in [0.1, 0.15) is 18.1 Å². The number of ether oxygens (including phenoxy) is 1. The largest absolute Gasteiger partial charge is 0.496 e. The zero-order valence-corrected chi connectivity index (χ0v) is 17.4. The van der Waals surface area contributed by atoms with Crippen LogP contribution in [-0.2, 0) is 16.8 Å². The molecular weight excluding hydrogens is 385 g/mol. The predicted molar refractivity (Wildman–Crippen MR) is 114 cm³/mol. The van der Waals surface area contributed by atoms with Gasteiger partial charge in [0.2, 0.25) is 5.91 Å². The Morgan fingerprint density at radius 3 is 2.43 bits per heavy atom. The smallest absolute Gasteiger partial charge is 0.267 e. The average molecular weight is 409 g/mol. The standard InChI is InChI=1S/C23H24FN3O3/c1-23(2,3)15-5-8-17(9-6-15)25-21(28)14-27-22(29)12-11-19(26-27)18-10-7-16(24)13-20(18)30-4/h5-13H,14H2,1-4H3,(H,25,28). The van der Waals surface area contributed by atoms with Gasteiger partial charge in [0, 0.05) is 23.4 Å². The number of aromatic nitrogens is 2. The van der Waals surface area contributed by atoms with Crippen LogP contribution in [0, 0.1) is 5.82 Å². The van der Waals surface area contributed by atoms with Crippen LogP contribution in [0.3, 0.4) is 0 Å². The lowest BCUT2D eigenvalue weighted by atomic mass is 9.87. The maximum atomic E-state index is 13.5. The first-order chi connectivity index (χ1) is 14.2. The summed E-state index contributed by atoms with van der Waals surface area (Å²) in [6.07, 6.45) is 0. The highest BCUT2D eigenvalue weighted by molar-refractivity contribution is 5.90. The molecule has 0 spiro atoms. The Balaban J connectivity index is 1.79. The quantitative estimate of drug-likeness (QED) is 0.691. The normalized spacial score (nSPS) is 11.2. The molecule has 0 atom stereocenters. The summed E-state index contributed by atoms with van der Waals surface area (Å²) in [6.45, 7) is 6.09. The van der Waals surface area contributed by atoms with E-state index in [0.29, 0.717) is 16.9 Å². The molecule has 0 radical (unpaired) electrons. The molecule has 1 aromatic heterocycles. The van der Waals surface area contributed by atoms with Crippen molar-refractivity contribution in [3.8, 4) is 17.0 Å². The first-order valence-corrected chi connectivity index (χ1v) is 9.50. The fourth-order valence-corrected chi connectivity index (χ4v) is 2.97. The van der Waals surface area contributed by atoms with E-state index in [4.69, 9.17) is 4.74 Å². The van der Waals surface area contributed by atoms with Crippen molar-refractivity contribution in [2.24, 2.45) is 0 Å². The maximum absolute atomic E-state index is 13.5. The summed E-state index contributed by atoms with van der Waals surface area (Å²) in [5, 5.41) is 7.02. The molecule has 30 heavy (non-hydrogen) atoms. The van der Waals surface area contributed by atoms with Crippen LogP contribution in [0.5, 0.6) is 5.75 Å². The highest BCUT2D eigenvalue weighted by atomic mass is 19.1. The summed E-state index contributed by atoms with van der Waals surface area (Å²) in [4.78, 5) is 24.6. The average Bonchev–Trinajstić information content (AvgIpc) is 2.69. The third-order valence-electron chi connectivity index (χ3n) is 4.63. The molecule has 3 rings (SSSR count). The second kappa shape index (κ2) is 8.49. The van der Waals surface area contributed by atoms with E-state index in [0.717, 1.165) is 10.2 Å². The fourth-order valence-electron chi connectivity index (χ4n) is 2.97. The lowest BCUT2D eigenvalue weighted by Crippen LogP contribution is -2.29. The van der Waals surface area contributed by atoms with Gasteiger partial charge in [0.05, 0.1) is 12.8 Å². The van der Waals surface area contributed by atoms with Crippen LogP contribution in [0.25, 0.3) is 11.3 Å². The molecule has 0 aliphatic carbocycles. The Labute approximate surface area is 174 Å². The zero-order valence-electron chi connectivity index (χ0n) is 17.4. The van der Waals surface area contributed by atoms with Crippen LogP contribution in [0.2, 0.25) is 0 Å². The monoisotopic (exact) mass is 409 g/mol. The molecule has 0 aliphatic rings. The third-order valence-corrected chi connectivity index (χ3v) is 4.63. The molecule has 0 bridgehead atoms. The SMILES string of the molecule is COc1cc(F)ccc1-c1ccc(=O)n(CC(=O)Nc2ccc(C(C)(C)C)cc2)n1. The number of amides is 1. The molecule has 3 aromatic rings. The van der Waals surface area contributed by atoms with E-state index in [1.54, 1.807) is 0 Å². The minimum absolute atomic E-state index is 0.0155. The Hall–Kier alpha value is -3.48. The van der Waals surface area contributed by atoms with Crippen molar-refractivity contribution in [2.45, 2.75) is 32.7 Å². The molecule has 0 unspecified atom stereocenters. The van der Waals surface area contributed by atoms with Crippen molar-refractivity contribution in [2.75, 3.05) is 12.4 Å². The molecule has 0 saturated carbocycles. The number of nitrogens with one attached hydrogen (secondary N) is 1. The number of methoxy groups -OCH3 is 1. The molecule has 156 valence electrons. The van der Waals surface area contributed by atoms with Gasteiger partial charge in [0.25, 0.3) is 5.56 Å². The fraction of sp³-hybridized carbons (Fsp3) is 0.261. The van der Waals surface area contributed by atoms with Gasteiger partial charge >= 0.3 is 0 Å². The molecule has 1 amide bonds. The molecule has 0 fully saturated rings. The van der Waals surface area contributed by atoms with Crippen LogP contribution in [0.1, 0.15) is 26.3 Å². The third kappa shape index (κ3) is 4.92. The van der Waals surface area contributed by atoms with Crippen molar-refractivity contribution < 1.29 is 13.9 Å². The van der Waals surface area contributed by atoms with Crippen LogP contribution < -0.4 is 15.6 Å². The van der Waals surface area contributed by atoms with E-state index in [-0.39, 0.29) is 23.6 Å². The highest BCUT2D eigenvalue weighted by Gasteiger charge is 2.14. The summed E-state index contributed by atoms with van der Waals surface area (Å²) in [5.74, 6) is -0.534.